The largest absolute Gasteiger partial charge is 0.270 e. The number of thiophene rings is 1. The maximum atomic E-state index is 5.83. The van der Waals surface area contributed by atoms with Crippen LogP contribution in [0.5, 0.6) is 0 Å². The van der Waals surface area contributed by atoms with Gasteiger partial charge in [0.25, 0.3) is 0 Å². The Labute approximate surface area is 89.2 Å². The predicted octanol–water partition coefficient (Wildman–Crippen LogP) is 1.07. The molecule has 0 saturated heterocycles. The van der Waals surface area contributed by atoms with Crippen molar-refractivity contribution < 1.29 is 0 Å². The maximum Gasteiger partial charge on any atom is 0.106 e. The fourth-order valence-electron chi connectivity index (χ4n) is 1.15. The number of rotatable bonds is 3. The fraction of sp³-hybridized carbons (Fsp3) is 0.143. The number of hydrazine groups is 1. The van der Waals surface area contributed by atoms with Gasteiger partial charge in [-0.25, -0.2) is 5.43 Å². The molecule has 0 aliphatic carbocycles. The molecule has 74 valence electrons. The molecule has 14 heavy (non-hydrogen) atoms. The van der Waals surface area contributed by atoms with E-state index >= 15 is 0 Å². The van der Waals surface area contributed by atoms with Crippen LogP contribution in [0.3, 0.4) is 0 Å². The van der Waals surface area contributed by atoms with E-state index in [2.05, 4.69) is 20.8 Å². The van der Waals surface area contributed by atoms with E-state index in [1.165, 1.54) is 11.3 Å². The summed E-state index contributed by atoms with van der Waals surface area (Å²) in [5.74, 6) is 5.44. The second kappa shape index (κ2) is 4.05. The molecule has 0 aliphatic rings. The van der Waals surface area contributed by atoms with Gasteiger partial charge in [-0.05, 0) is 12.1 Å². The average molecular weight is 230 g/mol. The van der Waals surface area contributed by atoms with E-state index in [0.717, 1.165) is 14.9 Å². The van der Waals surface area contributed by atoms with Crippen molar-refractivity contribution in [2.45, 2.75) is 6.04 Å². The Bertz CT molecular complexity index is 398. The summed E-state index contributed by atoms with van der Waals surface area (Å²) in [4.78, 5) is 1.01. The summed E-state index contributed by atoms with van der Waals surface area (Å²) in [6, 6.07) is 3.57. The lowest BCUT2D eigenvalue weighted by Gasteiger charge is -2.09. The number of aromatic nitrogens is 3. The molecule has 2 rings (SSSR count). The highest BCUT2D eigenvalue weighted by atomic mass is 35.5. The average Bonchev–Trinajstić information content (AvgIpc) is 2.79. The van der Waals surface area contributed by atoms with E-state index in [4.69, 9.17) is 17.4 Å². The molecule has 4 N–H and O–H groups in total. The van der Waals surface area contributed by atoms with Gasteiger partial charge in [0.1, 0.15) is 11.7 Å². The molecule has 0 spiro atoms. The van der Waals surface area contributed by atoms with E-state index in [-0.39, 0.29) is 6.04 Å². The summed E-state index contributed by atoms with van der Waals surface area (Å²) in [7, 11) is 0. The molecule has 0 fully saturated rings. The minimum atomic E-state index is -0.161. The highest BCUT2D eigenvalue weighted by molar-refractivity contribution is 7.16. The third-order valence-corrected chi connectivity index (χ3v) is 3.07. The van der Waals surface area contributed by atoms with Crippen molar-refractivity contribution in [2.75, 3.05) is 0 Å². The van der Waals surface area contributed by atoms with Gasteiger partial charge in [-0.3, -0.25) is 5.84 Å². The molecule has 2 aromatic rings. The lowest BCUT2D eigenvalue weighted by atomic mass is 10.2. The van der Waals surface area contributed by atoms with Crippen LogP contribution < -0.4 is 11.3 Å². The smallest absolute Gasteiger partial charge is 0.106 e. The molecule has 0 amide bonds. The molecule has 0 bridgehead atoms. The van der Waals surface area contributed by atoms with Gasteiger partial charge in [0.2, 0.25) is 0 Å². The van der Waals surface area contributed by atoms with Crippen LogP contribution >= 0.6 is 22.9 Å². The van der Waals surface area contributed by atoms with Crippen molar-refractivity contribution in [3.05, 3.63) is 33.2 Å². The van der Waals surface area contributed by atoms with Gasteiger partial charge in [-0.1, -0.05) is 11.6 Å². The van der Waals surface area contributed by atoms with Crippen LogP contribution in [0.1, 0.15) is 16.6 Å². The van der Waals surface area contributed by atoms with Gasteiger partial charge in [0.05, 0.1) is 10.5 Å². The monoisotopic (exact) mass is 229 g/mol. The number of hydrogen-bond donors (Lipinski definition) is 3. The molecule has 0 aromatic carbocycles. The molecule has 2 heterocycles. The number of nitrogens with one attached hydrogen (secondary N) is 2. The Hall–Kier alpha value is -0.950. The van der Waals surface area contributed by atoms with E-state index in [0.29, 0.717) is 0 Å². The Morgan fingerprint density at radius 2 is 2.43 bits per heavy atom. The van der Waals surface area contributed by atoms with Crippen LogP contribution in [-0.2, 0) is 0 Å². The standard InChI is InChI=1S/C7H8ClN5S/c8-6-2-1-5(14-6)7(11-9)4-3-10-13-12-4/h1-3,7,11H,9H2,(H,10,12,13). The molecule has 7 heteroatoms. The van der Waals surface area contributed by atoms with E-state index in [1.807, 2.05) is 12.1 Å². The van der Waals surface area contributed by atoms with E-state index < -0.39 is 0 Å². The maximum absolute atomic E-state index is 5.83. The Kier molecular flexibility index (Phi) is 2.78. The van der Waals surface area contributed by atoms with Crippen molar-refractivity contribution in [3.8, 4) is 0 Å². The highest BCUT2D eigenvalue weighted by Gasteiger charge is 2.16. The third kappa shape index (κ3) is 1.78. The van der Waals surface area contributed by atoms with Crippen molar-refractivity contribution in [3.63, 3.8) is 0 Å². The first kappa shape index (κ1) is 9.60. The van der Waals surface area contributed by atoms with Gasteiger partial charge in [0.15, 0.2) is 0 Å². The van der Waals surface area contributed by atoms with E-state index in [1.54, 1.807) is 6.20 Å². The van der Waals surface area contributed by atoms with Gasteiger partial charge >= 0.3 is 0 Å². The second-order valence-electron chi connectivity index (χ2n) is 2.64. The Morgan fingerprint density at radius 1 is 1.57 bits per heavy atom. The molecule has 1 atom stereocenters. The zero-order chi connectivity index (χ0) is 9.97. The fourth-order valence-corrected chi connectivity index (χ4v) is 2.28. The van der Waals surface area contributed by atoms with Crippen molar-refractivity contribution >= 4 is 22.9 Å². The molecule has 0 radical (unpaired) electrons. The predicted molar refractivity (Wildman–Crippen MR) is 54.9 cm³/mol. The first-order valence-corrected chi connectivity index (χ1v) is 5.07. The zero-order valence-electron chi connectivity index (χ0n) is 7.07. The van der Waals surface area contributed by atoms with Gasteiger partial charge < -0.3 is 0 Å². The van der Waals surface area contributed by atoms with Crippen LogP contribution in [0.2, 0.25) is 4.34 Å². The van der Waals surface area contributed by atoms with Crippen LogP contribution in [0.4, 0.5) is 0 Å². The summed E-state index contributed by atoms with van der Waals surface area (Å²) in [5.41, 5.74) is 3.41. The first-order valence-electron chi connectivity index (χ1n) is 3.88. The minimum Gasteiger partial charge on any atom is -0.270 e. The summed E-state index contributed by atoms with van der Waals surface area (Å²) in [6.45, 7) is 0. The van der Waals surface area contributed by atoms with Crippen molar-refractivity contribution in [1.29, 1.82) is 0 Å². The summed E-state index contributed by atoms with van der Waals surface area (Å²) in [6.07, 6.45) is 1.62. The lowest BCUT2D eigenvalue weighted by Crippen LogP contribution is -2.28. The molecule has 0 aliphatic heterocycles. The summed E-state index contributed by atoms with van der Waals surface area (Å²) < 4.78 is 0.726. The quantitative estimate of drug-likeness (QED) is 0.544. The Morgan fingerprint density at radius 3 is 2.93 bits per heavy atom. The zero-order valence-corrected chi connectivity index (χ0v) is 8.64. The highest BCUT2D eigenvalue weighted by Crippen LogP contribution is 2.29. The lowest BCUT2D eigenvalue weighted by molar-refractivity contribution is 0.627. The minimum absolute atomic E-state index is 0.161. The topological polar surface area (TPSA) is 79.6 Å². The van der Waals surface area contributed by atoms with Crippen LogP contribution in [0.15, 0.2) is 18.3 Å². The normalized spacial score (nSPS) is 13.0. The summed E-state index contributed by atoms with van der Waals surface area (Å²) in [5, 5.41) is 10.2. The first-order chi connectivity index (χ1) is 6.81. The molecule has 1 unspecified atom stereocenters. The molecule has 5 nitrogen and oxygen atoms in total. The molecule has 0 saturated carbocycles. The van der Waals surface area contributed by atoms with Crippen molar-refractivity contribution in [2.24, 2.45) is 5.84 Å². The van der Waals surface area contributed by atoms with Gasteiger partial charge in [-0.15, -0.1) is 11.3 Å². The summed E-state index contributed by atoms with van der Waals surface area (Å²) >= 11 is 7.29. The number of halogens is 1. The Balaban J connectivity index is 2.31. The second-order valence-corrected chi connectivity index (χ2v) is 4.38. The van der Waals surface area contributed by atoms with Gasteiger partial charge in [-0.2, -0.15) is 15.4 Å². The van der Waals surface area contributed by atoms with Crippen LogP contribution in [-0.4, -0.2) is 15.4 Å². The SMILES string of the molecule is NNC(c1cn[nH]n1)c1ccc(Cl)s1. The number of H-pyrrole nitrogens is 1. The third-order valence-electron chi connectivity index (χ3n) is 1.77. The number of nitrogens with two attached hydrogens (primary N) is 1. The molecular formula is C7H8ClN5S. The number of nitrogens with zero attached hydrogens (tertiary/aromatic N) is 2. The van der Waals surface area contributed by atoms with Gasteiger partial charge in [0, 0.05) is 4.88 Å². The molecular weight excluding hydrogens is 222 g/mol. The van der Waals surface area contributed by atoms with E-state index in [9.17, 15) is 0 Å². The van der Waals surface area contributed by atoms with Crippen LogP contribution in [0, 0.1) is 0 Å². The van der Waals surface area contributed by atoms with Crippen LogP contribution in [0.25, 0.3) is 0 Å². The number of hydrogen-bond acceptors (Lipinski definition) is 5. The number of aromatic amines is 1. The molecule has 2 aromatic heterocycles. The van der Waals surface area contributed by atoms with Crippen molar-refractivity contribution in [1.82, 2.24) is 20.8 Å².